The summed E-state index contributed by atoms with van der Waals surface area (Å²) >= 11 is 0. The summed E-state index contributed by atoms with van der Waals surface area (Å²) in [6, 6.07) is 23.4. The maximum absolute atomic E-state index is 13.7. The van der Waals surface area contributed by atoms with Crippen LogP contribution in [0.3, 0.4) is 0 Å². The number of rotatable bonds is 13. The molecule has 2 N–H and O–H groups in total. The largest absolute Gasteiger partial charge is 0.484 e. The number of hydrogen-bond acceptors (Lipinski definition) is 7. The fourth-order valence-electron chi connectivity index (χ4n) is 4.47. The predicted molar refractivity (Wildman–Crippen MR) is 152 cm³/mol. The highest BCUT2D eigenvalue weighted by Crippen LogP contribution is 2.25. The van der Waals surface area contributed by atoms with Gasteiger partial charge in [-0.25, -0.2) is 8.42 Å². The van der Waals surface area contributed by atoms with Gasteiger partial charge in [0.2, 0.25) is 15.9 Å². The molecule has 218 valence electrons. The molecule has 11 heteroatoms. The summed E-state index contributed by atoms with van der Waals surface area (Å²) in [6.07, 6.45) is 0.389. The second-order valence-corrected chi connectivity index (χ2v) is 11.4. The van der Waals surface area contributed by atoms with Gasteiger partial charge in [0.25, 0.3) is 5.91 Å². The molecule has 41 heavy (non-hydrogen) atoms. The molecule has 0 radical (unpaired) electrons. The Bertz CT molecular complexity index is 1360. The summed E-state index contributed by atoms with van der Waals surface area (Å²) in [5, 5.41) is 12.0. The number of carbonyl (C=O) groups excluding carboxylic acids is 2. The molecule has 0 spiro atoms. The van der Waals surface area contributed by atoms with Crippen LogP contribution in [0, 0.1) is 0 Å². The van der Waals surface area contributed by atoms with Crippen LogP contribution in [0.2, 0.25) is 0 Å². The smallest absolute Gasteiger partial charge is 0.261 e. The molecule has 0 saturated carbocycles. The van der Waals surface area contributed by atoms with Crippen LogP contribution in [-0.4, -0.2) is 80.6 Å². The van der Waals surface area contributed by atoms with E-state index < -0.39 is 22.0 Å². The number of sulfonamides is 1. The van der Waals surface area contributed by atoms with Crippen molar-refractivity contribution in [2.24, 2.45) is 0 Å². The zero-order valence-corrected chi connectivity index (χ0v) is 23.5. The molecule has 1 fully saturated rings. The third-order valence-electron chi connectivity index (χ3n) is 6.62. The first-order valence-corrected chi connectivity index (χ1v) is 14.9. The van der Waals surface area contributed by atoms with Gasteiger partial charge in [-0.3, -0.25) is 9.59 Å². The number of hydrogen-bond donors (Lipinski definition) is 2. The lowest BCUT2D eigenvalue weighted by atomic mass is 10.0. The third-order valence-corrected chi connectivity index (χ3v) is 8.53. The van der Waals surface area contributed by atoms with Crippen molar-refractivity contribution >= 4 is 21.8 Å². The van der Waals surface area contributed by atoms with Crippen molar-refractivity contribution in [2.45, 2.75) is 23.9 Å². The van der Waals surface area contributed by atoms with E-state index >= 15 is 0 Å². The van der Waals surface area contributed by atoms with Gasteiger partial charge in [-0.2, -0.15) is 4.31 Å². The molecule has 0 aromatic heterocycles. The first-order chi connectivity index (χ1) is 19.9. The van der Waals surface area contributed by atoms with E-state index in [9.17, 15) is 18.0 Å². The molecule has 1 atom stereocenters. The highest BCUT2D eigenvalue weighted by molar-refractivity contribution is 7.89. The topological polar surface area (TPSA) is 125 Å². The number of nitrogens with one attached hydrogen (secondary N) is 1. The second-order valence-electron chi connectivity index (χ2n) is 9.47. The van der Waals surface area contributed by atoms with Crippen molar-refractivity contribution < 1.29 is 32.6 Å². The van der Waals surface area contributed by atoms with Gasteiger partial charge in [-0.05, 0) is 41.8 Å². The number of amides is 2. The summed E-state index contributed by atoms with van der Waals surface area (Å²) in [5.41, 5.74) is 1.47. The molecule has 1 aliphatic rings. The van der Waals surface area contributed by atoms with Gasteiger partial charge < -0.3 is 24.8 Å². The number of aliphatic hydroxyl groups excluding tert-OH is 1. The van der Waals surface area contributed by atoms with E-state index in [0.717, 1.165) is 5.56 Å². The van der Waals surface area contributed by atoms with E-state index in [0.29, 0.717) is 44.0 Å². The van der Waals surface area contributed by atoms with E-state index in [-0.39, 0.29) is 37.1 Å². The summed E-state index contributed by atoms with van der Waals surface area (Å²) in [4.78, 5) is 28.7. The molecular weight excluding hydrogens is 546 g/mol. The molecule has 4 rings (SSSR count). The Morgan fingerprint density at radius 3 is 2.22 bits per heavy atom. The van der Waals surface area contributed by atoms with Crippen LogP contribution in [0.5, 0.6) is 5.75 Å². The summed E-state index contributed by atoms with van der Waals surface area (Å²) < 4.78 is 38.2. The Morgan fingerprint density at radius 1 is 0.951 bits per heavy atom. The van der Waals surface area contributed by atoms with Crippen molar-refractivity contribution in [2.75, 3.05) is 46.1 Å². The Hall–Kier alpha value is -3.77. The number of nitrogens with zero attached hydrogens (tertiary/aromatic N) is 2. The lowest BCUT2D eigenvalue weighted by Gasteiger charge is -2.31. The number of ether oxygens (including phenoxy) is 2. The van der Waals surface area contributed by atoms with E-state index in [2.05, 4.69) is 5.32 Å². The van der Waals surface area contributed by atoms with Crippen LogP contribution in [0.15, 0.2) is 89.8 Å². The van der Waals surface area contributed by atoms with E-state index in [4.69, 9.17) is 14.6 Å². The molecule has 0 unspecified atom stereocenters. The van der Waals surface area contributed by atoms with Gasteiger partial charge in [-0.1, -0.05) is 60.7 Å². The molecule has 0 aliphatic carbocycles. The molecule has 1 heterocycles. The van der Waals surface area contributed by atoms with Crippen molar-refractivity contribution in [3.05, 3.63) is 96.1 Å². The summed E-state index contributed by atoms with van der Waals surface area (Å²) in [6.45, 7) is 1.29. The van der Waals surface area contributed by atoms with Crippen molar-refractivity contribution in [3.8, 4) is 5.75 Å². The Balaban J connectivity index is 1.53. The molecule has 3 aromatic rings. The van der Waals surface area contributed by atoms with Crippen molar-refractivity contribution in [1.29, 1.82) is 0 Å². The molecule has 1 saturated heterocycles. The van der Waals surface area contributed by atoms with Crippen LogP contribution in [0.25, 0.3) is 0 Å². The molecular formula is C30H35N3O7S. The minimum atomic E-state index is -3.66. The fourth-order valence-corrected chi connectivity index (χ4v) is 5.88. The van der Waals surface area contributed by atoms with Gasteiger partial charge in [0.1, 0.15) is 11.8 Å². The summed E-state index contributed by atoms with van der Waals surface area (Å²) in [5.74, 6) is -0.473. The van der Waals surface area contributed by atoms with Crippen LogP contribution >= 0.6 is 0 Å². The molecule has 2 amide bonds. The molecule has 1 aliphatic heterocycles. The monoisotopic (exact) mass is 581 g/mol. The Kier molecular flexibility index (Phi) is 10.9. The van der Waals surface area contributed by atoms with Crippen molar-refractivity contribution in [1.82, 2.24) is 14.5 Å². The standard InChI is InChI=1S/C30H35N3O7S/c34-19-7-16-31-30(36)29(25-10-5-2-6-11-25)33(22-24-8-3-1-4-9-24)28(35)23-40-26-12-14-27(15-13-26)41(37,38)32-17-20-39-21-18-32/h1-6,8-15,29,34H,7,16-23H2,(H,31,36)/t29-/m1/s1. The second kappa shape index (κ2) is 14.7. The first kappa shape index (κ1) is 30.2. The Morgan fingerprint density at radius 2 is 1.59 bits per heavy atom. The van der Waals surface area contributed by atoms with Gasteiger partial charge >= 0.3 is 0 Å². The minimum absolute atomic E-state index is 0.0661. The van der Waals surface area contributed by atoms with Gasteiger partial charge in [-0.15, -0.1) is 0 Å². The maximum Gasteiger partial charge on any atom is 0.261 e. The van der Waals surface area contributed by atoms with Gasteiger partial charge in [0.05, 0.1) is 18.1 Å². The normalized spacial score (nSPS) is 14.7. The predicted octanol–water partition coefficient (Wildman–Crippen LogP) is 2.36. The molecule has 10 nitrogen and oxygen atoms in total. The van der Waals surface area contributed by atoms with Gasteiger partial charge in [0.15, 0.2) is 6.61 Å². The number of morpholine rings is 1. The fraction of sp³-hybridized carbons (Fsp3) is 0.333. The summed E-state index contributed by atoms with van der Waals surface area (Å²) in [7, 11) is -3.66. The maximum atomic E-state index is 13.7. The highest BCUT2D eigenvalue weighted by atomic mass is 32.2. The number of aliphatic hydroxyl groups is 1. The Labute approximate surface area is 240 Å². The lowest BCUT2D eigenvalue weighted by Crippen LogP contribution is -2.45. The van der Waals surface area contributed by atoms with Crippen LogP contribution in [-0.2, 0) is 30.9 Å². The van der Waals surface area contributed by atoms with Crippen LogP contribution < -0.4 is 10.1 Å². The average Bonchev–Trinajstić information content (AvgIpc) is 3.01. The zero-order valence-electron chi connectivity index (χ0n) is 22.7. The number of carbonyl (C=O) groups is 2. The highest BCUT2D eigenvalue weighted by Gasteiger charge is 2.32. The van der Waals surface area contributed by atoms with Crippen molar-refractivity contribution in [3.63, 3.8) is 0 Å². The SMILES string of the molecule is O=C(NCCCO)[C@@H](c1ccccc1)N(Cc1ccccc1)C(=O)COc1ccc(S(=O)(=O)N2CCOCC2)cc1. The van der Waals surface area contributed by atoms with E-state index in [1.807, 2.05) is 36.4 Å². The zero-order chi connectivity index (χ0) is 29.1. The average molecular weight is 582 g/mol. The van der Waals surface area contributed by atoms with E-state index in [1.54, 1.807) is 24.3 Å². The molecule has 0 bridgehead atoms. The number of benzene rings is 3. The lowest BCUT2D eigenvalue weighted by molar-refractivity contribution is -0.143. The van der Waals surface area contributed by atoms with Crippen LogP contribution in [0.4, 0.5) is 0 Å². The first-order valence-electron chi connectivity index (χ1n) is 13.5. The third kappa shape index (κ3) is 8.14. The molecule has 3 aromatic carbocycles. The van der Waals surface area contributed by atoms with Crippen LogP contribution in [0.1, 0.15) is 23.6 Å². The van der Waals surface area contributed by atoms with Gasteiger partial charge in [0, 0.05) is 32.8 Å². The quantitative estimate of drug-likeness (QED) is 0.297. The van der Waals surface area contributed by atoms with E-state index in [1.165, 1.54) is 33.5 Å². The minimum Gasteiger partial charge on any atom is -0.484 e.